The fraction of sp³-hybridized carbons (Fsp3) is 0.500. The van der Waals surface area contributed by atoms with E-state index in [0.717, 1.165) is 24.3 Å². The van der Waals surface area contributed by atoms with E-state index in [1.165, 1.54) is 11.1 Å². The summed E-state index contributed by atoms with van der Waals surface area (Å²) in [4.78, 5) is 0. The first-order valence-corrected chi connectivity index (χ1v) is 5.60. The number of hydrogen-bond acceptors (Lipinski definition) is 2. The van der Waals surface area contributed by atoms with Crippen LogP contribution in [0.2, 0.25) is 5.02 Å². The molecule has 1 atom stereocenters. The highest BCUT2D eigenvalue weighted by atomic mass is 35.5. The molecule has 1 unspecified atom stereocenters. The lowest BCUT2D eigenvalue weighted by Gasteiger charge is -2.36. The van der Waals surface area contributed by atoms with Crippen molar-refractivity contribution < 1.29 is 4.74 Å². The van der Waals surface area contributed by atoms with Crippen LogP contribution in [0.1, 0.15) is 17.5 Å². The number of hydrogen-bond donors (Lipinski definition) is 1. The van der Waals surface area contributed by atoms with Crippen molar-refractivity contribution in [3.05, 3.63) is 34.3 Å². The maximum Gasteiger partial charge on any atom is 0.0843 e. The van der Waals surface area contributed by atoms with Crippen LogP contribution in [0.4, 0.5) is 0 Å². The summed E-state index contributed by atoms with van der Waals surface area (Å²) in [5.74, 6) is 0. The fourth-order valence-corrected chi connectivity index (χ4v) is 2.56. The lowest BCUT2D eigenvalue weighted by atomic mass is 9.80. The first-order chi connectivity index (χ1) is 7.21. The maximum absolute atomic E-state index is 6.15. The molecule has 1 aliphatic carbocycles. The van der Waals surface area contributed by atoms with Gasteiger partial charge in [-0.2, -0.15) is 0 Å². The van der Waals surface area contributed by atoms with E-state index in [1.807, 2.05) is 12.1 Å². The van der Waals surface area contributed by atoms with Crippen LogP contribution in [0.25, 0.3) is 0 Å². The number of rotatable bonds is 2. The predicted molar refractivity (Wildman–Crippen MR) is 62.3 cm³/mol. The maximum atomic E-state index is 6.15. The molecule has 3 heteroatoms. The smallest absolute Gasteiger partial charge is 0.0843 e. The van der Waals surface area contributed by atoms with Gasteiger partial charge in [-0.05, 0) is 30.0 Å². The third kappa shape index (κ3) is 1.89. The average molecular weight is 226 g/mol. The fourth-order valence-electron chi connectivity index (χ4n) is 2.27. The van der Waals surface area contributed by atoms with Crippen LogP contribution in [0.15, 0.2) is 18.2 Å². The van der Waals surface area contributed by atoms with Gasteiger partial charge in [-0.15, -0.1) is 0 Å². The van der Waals surface area contributed by atoms with Crippen molar-refractivity contribution in [2.75, 3.05) is 13.7 Å². The number of ether oxygens (including phenoxy) is 1. The van der Waals surface area contributed by atoms with Gasteiger partial charge in [-0.3, -0.25) is 0 Å². The summed E-state index contributed by atoms with van der Waals surface area (Å²) in [7, 11) is 1.74. The van der Waals surface area contributed by atoms with Gasteiger partial charge >= 0.3 is 0 Å². The van der Waals surface area contributed by atoms with Crippen molar-refractivity contribution in [2.45, 2.75) is 24.9 Å². The van der Waals surface area contributed by atoms with Crippen molar-refractivity contribution >= 4 is 11.6 Å². The number of methoxy groups -OCH3 is 1. The second kappa shape index (κ2) is 4.12. The molecular formula is C12H16ClNO. The first-order valence-electron chi connectivity index (χ1n) is 5.22. The first kappa shape index (κ1) is 10.9. The number of nitrogens with two attached hydrogens (primary N) is 1. The molecule has 1 aliphatic rings. The molecule has 0 spiro atoms. The Morgan fingerprint density at radius 3 is 3.00 bits per heavy atom. The van der Waals surface area contributed by atoms with E-state index in [-0.39, 0.29) is 5.60 Å². The highest BCUT2D eigenvalue weighted by Crippen LogP contribution is 2.33. The minimum atomic E-state index is -0.183. The lowest BCUT2D eigenvalue weighted by molar-refractivity contribution is -0.0134. The monoisotopic (exact) mass is 225 g/mol. The highest BCUT2D eigenvalue weighted by Gasteiger charge is 2.33. The summed E-state index contributed by atoms with van der Waals surface area (Å²) in [5, 5.41) is 0.870. The third-order valence-electron chi connectivity index (χ3n) is 3.36. The summed E-state index contributed by atoms with van der Waals surface area (Å²) in [6.45, 7) is 0.565. The number of halogens is 1. The van der Waals surface area contributed by atoms with E-state index in [9.17, 15) is 0 Å². The van der Waals surface area contributed by atoms with Crippen LogP contribution in [-0.4, -0.2) is 19.3 Å². The SMILES string of the molecule is COC1(CN)CCc2c(Cl)cccc2C1. The van der Waals surface area contributed by atoms with E-state index in [1.54, 1.807) is 7.11 Å². The summed E-state index contributed by atoms with van der Waals surface area (Å²) in [5.41, 5.74) is 8.15. The Labute approximate surface area is 95.4 Å². The van der Waals surface area contributed by atoms with Crippen molar-refractivity contribution in [1.82, 2.24) is 0 Å². The Morgan fingerprint density at radius 2 is 2.33 bits per heavy atom. The van der Waals surface area contributed by atoms with Gasteiger partial charge in [0.15, 0.2) is 0 Å². The topological polar surface area (TPSA) is 35.2 Å². The molecule has 82 valence electrons. The molecule has 0 saturated heterocycles. The third-order valence-corrected chi connectivity index (χ3v) is 3.72. The van der Waals surface area contributed by atoms with Gasteiger partial charge in [0.1, 0.15) is 0 Å². The summed E-state index contributed by atoms with van der Waals surface area (Å²) >= 11 is 6.15. The van der Waals surface area contributed by atoms with Crippen LogP contribution in [0, 0.1) is 0 Å². The highest BCUT2D eigenvalue weighted by molar-refractivity contribution is 6.31. The van der Waals surface area contributed by atoms with Crippen molar-refractivity contribution in [2.24, 2.45) is 5.73 Å². The quantitative estimate of drug-likeness (QED) is 0.838. The van der Waals surface area contributed by atoms with Gasteiger partial charge in [0.2, 0.25) is 0 Å². The van der Waals surface area contributed by atoms with Crippen LogP contribution < -0.4 is 5.73 Å². The summed E-state index contributed by atoms with van der Waals surface area (Å²) in [6, 6.07) is 6.05. The van der Waals surface area contributed by atoms with Crippen LogP contribution in [0.5, 0.6) is 0 Å². The van der Waals surface area contributed by atoms with Gasteiger partial charge in [0.25, 0.3) is 0 Å². The Balaban J connectivity index is 2.34. The van der Waals surface area contributed by atoms with Crippen molar-refractivity contribution in [3.63, 3.8) is 0 Å². The second-order valence-corrected chi connectivity index (χ2v) is 4.55. The molecule has 2 N–H and O–H groups in total. The molecule has 0 heterocycles. The average Bonchev–Trinajstić information content (AvgIpc) is 2.29. The van der Waals surface area contributed by atoms with Crippen LogP contribution >= 0.6 is 11.6 Å². The molecular weight excluding hydrogens is 210 g/mol. The molecule has 1 aromatic carbocycles. The summed E-state index contributed by atoms with van der Waals surface area (Å²) in [6.07, 6.45) is 2.78. The molecule has 0 amide bonds. The Hall–Kier alpha value is -0.570. The van der Waals surface area contributed by atoms with Crippen LogP contribution in [0.3, 0.4) is 0 Å². The molecule has 15 heavy (non-hydrogen) atoms. The van der Waals surface area contributed by atoms with Crippen LogP contribution in [-0.2, 0) is 17.6 Å². The van der Waals surface area contributed by atoms with Gasteiger partial charge < -0.3 is 10.5 Å². The minimum absolute atomic E-state index is 0.183. The van der Waals surface area contributed by atoms with Gasteiger partial charge in [0.05, 0.1) is 5.60 Å². The zero-order valence-electron chi connectivity index (χ0n) is 8.92. The van der Waals surface area contributed by atoms with E-state index >= 15 is 0 Å². The second-order valence-electron chi connectivity index (χ2n) is 4.15. The van der Waals surface area contributed by atoms with Gasteiger partial charge in [0, 0.05) is 25.1 Å². The lowest BCUT2D eigenvalue weighted by Crippen LogP contribution is -2.44. The largest absolute Gasteiger partial charge is 0.377 e. The standard InChI is InChI=1S/C12H16ClNO/c1-15-12(8-14)6-5-10-9(7-12)3-2-4-11(10)13/h2-4H,5-8,14H2,1H3. The normalized spacial score (nSPS) is 25.0. The molecule has 0 saturated carbocycles. The molecule has 2 rings (SSSR count). The zero-order chi connectivity index (χ0) is 10.9. The zero-order valence-corrected chi connectivity index (χ0v) is 9.68. The van der Waals surface area contributed by atoms with Gasteiger partial charge in [-0.25, -0.2) is 0 Å². The predicted octanol–water partition coefficient (Wildman–Crippen LogP) is 2.17. The van der Waals surface area contributed by atoms with E-state index in [0.29, 0.717) is 6.54 Å². The van der Waals surface area contributed by atoms with Gasteiger partial charge in [-0.1, -0.05) is 23.7 Å². The molecule has 0 radical (unpaired) electrons. The molecule has 0 fully saturated rings. The van der Waals surface area contributed by atoms with E-state index in [4.69, 9.17) is 22.1 Å². The molecule has 0 bridgehead atoms. The van der Waals surface area contributed by atoms with Crippen molar-refractivity contribution in [1.29, 1.82) is 0 Å². The number of benzene rings is 1. The van der Waals surface area contributed by atoms with E-state index in [2.05, 4.69) is 6.07 Å². The molecule has 0 aromatic heterocycles. The molecule has 2 nitrogen and oxygen atoms in total. The molecule has 1 aromatic rings. The Kier molecular flexibility index (Phi) is 3.01. The van der Waals surface area contributed by atoms with E-state index < -0.39 is 0 Å². The minimum Gasteiger partial charge on any atom is -0.377 e. The van der Waals surface area contributed by atoms with Crippen molar-refractivity contribution in [3.8, 4) is 0 Å². The summed E-state index contributed by atoms with van der Waals surface area (Å²) < 4.78 is 5.56. The Morgan fingerprint density at radius 1 is 1.53 bits per heavy atom. The Bertz CT molecular complexity index is 361. The molecule has 0 aliphatic heterocycles. The number of fused-ring (bicyclic) bond motifs is 1.